The van der Waals surface area contributed by atoms with Crippen molar-refractivity contribution in [2.45, 2.75) is 25.8 Å². The van der Waals surface area contributed by atoms with Crippen LogP contribution in [0, 0.1) is 16.7 Å². The van der Waals surface area contributed by atoms with E-state index in [4.69, 9.17) is 39.5 Å². The Balaban J connectivity index is 2.35. The van der Waals surface area contributed by atoms with Crippen molar-refractivity contribution in [1.29, 1.82) is 0 Å². The lowest BCUT2D eigenvalue weighted by Crippen LogP contribution is -2.55. The second-order valence-corrected chi connectivity index (χ2v) is 8.00. The Bertz CT molecular complexity index is 682. The number of halogens is 3. The van der Waals surface area contributed by atoms with Gasteiger partial charge in [-0.25, -0.2) is 5.01 Å². The number of hydrogen-bond acceptors (Lipinski definition) is 4. The molecule has 0 saturated carbocycles. The molecule has 0 spiro atoms. The van der Waals surface area contributed by atoms with Gasteiger partial charge in [0.15, 0.2) is 5.06 Å². The third-order valence-corrected chi connectivity index (χ3v) is 5.36. The molecule has 1 aliphatic heterocycles. The molecule has 4 nitrogen and oxygen atoms in total. The Morgan fingerprint density at radius 1 is 1.39 bits per heavy atom. The zero-order valence-electron chi connectivity index (χ0n) is 12.7. The van der Waals surface area contributed by atoms with Gasteiger partial charge in [-0.15, -0.1) is 0 Å². The van der Waals surface area contributed by atoms with E-state index in [1.807, 2.05) is 20.8 Å². The second-order valence-electron chi connectivity index (χ2n) is 5.84. The number of nitrogens with zero attached hydrogens (tertiary/aromatic N) is 1. The Labute approximate surface area is 154 Å². The third-order valence-electron chi connectivity index (χ3n) is 3.23. The van der Waals surface area contributed by atoms with Crippen molar-refractivity contribution in [3.63, 3.8) is 0 Å². The molecule has 0 aliphatic carbocycles. The average Bonchev–Trinajstić information content (AvgIpc) is 2.77. The molecule has 1 aliphatic rings. The molecule has 0 bridgehead atoms. The van der Waals surface area contributed by atoms with Gasteiger partial charge in [-0.05, 0) is 41.6 Å². The maximum absolute atomic E-state index is 12.5. The highest BCUT2D eigenvalue weighted by Crippen LogP contribution is 2.47. The molecule has 0 aromatic heterocycles. The summed E-state index contributed by atoms with van der Waals surface area (Å²) in [7, 11) is 0. The minimum absolute atomic E-state index is 0.0935. The minimum Gasteiger partial charge on any atom is -0.336 e. The summed E-state index contributed by atoms with van der Waals surface area (Å²) in [6, 6.07) is 4.92. The van der Waals surface area contributed by atoms with E-state index in [0.29, 0.717) is 15.7 Å². The topological polar surface area (TPSA) is 41.6 Å². The van der Waals surface area contributed by atoms with E-state index in [1.165, 1.54) is 5.01 Å². The summed E-state index contributed by atoms with van der Waals surface area (Å²) in [5.41, 5.74) is 3.21. The van der Waals surface area contributed by atoms with Gasteiger partial charge in [0.2, 0.25) is 0 Å². The summed E-state index contributed by atoms with van der Waals surface area (Å²) >= 11 is 18.5. The predicted molar refractivity (Wildman–Crippen MR) is 96.8 cm³/mol. The first-order valence-electron chi connectivity index (χ1n) is 6.68. The lowest BCUT2D eigenvalue weighted by molar-refractivity contribution is -0.0509. The zero-order chi connectivity index (χ0) is 17.3. The number of carbonyl (C=O) groups is 1. The first kappa shape index (κ1) is 18.7. The quantitative estimate of drug-likeness (QED) is 0.726. The number of rotatable bonds is 3. The Morgan fingerprint density at radius 3 is 2.65 bits per heavy atom. The summed E-state index contributed by atoms with van der Waals surface area (Å²) in [5.74, 6) is 2.63. The second kappa shape index (κ2) is 7.10. The lowest BCUT2D eigenvalue weighted by Gasteiger charge is -2.39. The average molecular weight is 394 g/mol. The maximum Gasteiger partial charge on any atom is 0.304 e. The minimum atomic E-state index is -0.992. The molecular formula is C15H15Cl3N2O2S. The zero-order valence-corrected chi connectivity index (χ0v) is 15.8. The smallest absolute Gasteiger partial charge is 0.304 e. The fraction of sp³-hybridized carbons (Fsp3) is 0.400. The molecule has 1 unspecified atom stereocenters. The molecule has 1 heterocycles. The molecule has 1 atom stereocenters. The van der Waals surface area contributed by atoms with Crippen LogP contribution in [0.25, 0.3) is 0 Å². The number of anilines is 1. The highest BCUT2D eigenvalue weighted by atomic mass is 35.5. The van der Waals surface area contributed by atoms with Crippen LogP contribution in [0.5, 0.6) is 0 Å². The van der Waals surface area contributed by atoms with E-state index in [-0.39, 0.29) is 11.8 Å². The van der Waals surface area contributed by atoms with Gasteiger partial charge in [0.05, 0.1) is 10.7 Å². The van der Waals surface area contributed by atoms with Crippen LogP contribution in [-0.4, -0.2) is 16.9 Å². The molecular weight excluding hydrogens is 379 g/mol. The molecule has 1 fully saturated rings. The summed E-state index contributed by atoms with van der Waals surface area (Å²) in [5, 5.41) is 3.25. The van der Waals surface area contributed by atoms with E-state index in [1.54, 1.807) is 18.2 Å². The van der Waals surface area contributed by atoms with Gasteiger partial charge in [0, 0.05) is 15.8 Å². The molecule has 23 heavy (non-hydrogen) atoms. The number of ether oxygens (including phenoxy) is 1. The van der Waals surface area contributed by atoms with E-state index in [2.05, 4.69) is 16.7 Å². The Morgan fingerprint density at radius 2 is 2.09 bits per heavy atom. The van der Waals surface area contributed by atoms with Crippen molar-refractivity contribution in [1.82, 2.24) is 5.43 Å². The number of amides is 1. The summed E-state index contributed by atoms with van der Waals surface area (Å²) in [4.78, 5) is 12.5. The van der Waals surface area contributed by atoms with Gasteiger partial charge in [0.25, 0.3) is 0 Å². The van der Waals surface area contributed by atoms with Crippen LogP contribution in [0.15, 0.2) is 18.2 Å². The number of thioether (sulfide) groups is 1. The molecule has 1 N–H and O–H groups in total. The first-order valence-corrected chi connectivity index (χ1v) is 8.63. The van der Waals surface area contributed by atoms with Gasteiger partial charge >= 0.3 is 5.24 Å². The molecule has 2 rings (SSSR count). The fourth-order valence-electron chi connectivity index (χ4n) is 1.97. The van der Waals surface area contributed by atoms with Gasteiger partial charge in [-0.3, -0.25) is 4.79 Å². The molecule has 0 radical (unpaired) electrons. The highest BCUT2D eigenvalue weighted by Gasteiger charge is 2.54. The first-order chi connectivity index (χ1) is 10.7. The molecule has 1 aromatic rings. The summed E-state index contributed by atoms with van der Waals surface area (Å²) in [6.07, 6.45) is 0. The van der Waals surface area contributed by atoms with Crippen molar-refractivity contribution < 1.29 is 9.53 Å². The molecule has 8 heteroatoms. The van der Waals surface area contributed by atoms with Crippen molar-refractivity contribution in [2.24, 2.45) is 5.41 Å². The van der Waals surface area contributed by atoms with Crippen LogP contribution in [0.4, 0.5) is 10.5 Å². The maximum atomic E-state index is 12.5. The van der Waals surface area contributed by atoms with Crippen LogP contribution in [0.1, 0.15) is 20.8 Å². The van der Waals surface area contributed by atoms with Crippen LogP contribution in [0.3, 0.4) is 0 Å². The Kier molecular flexibility index (Phi) is 5.78. The van der Waals surface area contributed by atoms with Crippen molar-refractivity contribution >= 4 is 57.5 Å². The number of benzene rings is 1. The Hall–Kier alpha value is -0.610. The monoisotopic (exact) mass is 392 g/mol. The number of hydrogen-bond donors (Lipinski definition) is 1. The highest BCUT2D eigenvalue weighted by molar-refractivity contribution is 8.15. The number of hydrazine groups is 1. The van der Waals surface area contributed by atoms with E-state index >= 15 is 0 Å². The largest absolute Gasteiger partial charge is 0.336 e. The van der Waals surface area contributed by atoms with Crippen molar-refractivity contribution in [2.75, 3.05) is 11.6 Å². The SMILES string of the molecule is CC(C)(C)C1(OCC#CCl)NN(c2ccc(Cl)cc2Cl)C(=O)S1. The van der Waals surface area contributed by atoms with Gasteiger partial charge < -0.3 is 4.74 Å². The number of carbonyl (C=O) groups excluding carboxylic acids is 1. The van der Waals surface area contributed by atoms with Gasteiger partial charge in [0.1, 0.15) is 6.61 Å². The van der Waals surface area contributed by atoms with E-state index in [0.717, 1.165) is 11.8 Å². The summed E-state index contributed by atoms with van der Waals surface area (Å²) < 4.78 is 5.84. The molecule has 1 amide bonds. The third kappa shape index (κ3) is 3.90. The van der Waals surface area contributed by atoms with Gasteiger partial charge in [-0.2, -0.15) is 5.43 Å². The predicted octanol–water partition coefficient (Wildman–Crippen LogP) is 5.09. The van der Waals surface area contributed by atoms with Gasteiger partial charge in [-0.1, -0.05) is 49.9 Å². The van der Waals surface area contributed by atoms with Crippen LogP contribution in [-0.2, 0) is 4.74 Å². The summed E-state index contributed by atoms with van der Waals surface area (Å²) in [6.45, 7) is 5.97. The standard InChI is InChI=1S/C15H15Cl3N2O2S/c1-14(2,3)15(22-8-4-7-16)19-20(13(21)23-15)12-6-5-10(17)9-11(12)18/h5-6,9,19H,8H2,1-3H3. The molecule has 1 aromatic carbocycles. The number of nitrogens with one attached hydrogen (secondary N) is 1. The van der Waals surface area contributed by atoms with Crippen LogP contribution >= 0.6 is 46.6 Å². The van der Waals surface area contributed by atoms with E-state index < -0.39 is 10.5 Å². The normalized spacial score (nSPS) is 21.3. The fourth-order valence-corrected chi connectivity index (χ4v) is 3.56. The lowest BCUT2D eigenvalue weighted by atomic mass is 9.94. The van der Waals surface area contributed by atoms with E-state index in [9.17, 15) is 4.79 Å². The van der Waals surface area contributed by atoms with Crippen LogP contribution < -0.4 is 10.4 Å². The molecule has 124 valence electrons. The molecule has 1 saturated heterocycles. The van der Waals surface area contributed by atoms with Crippen molar-refractivity contribution in [3.05, 3.63) is 28.2 Å². The van der Waals surface area contributed by atoms with Crippen molar-refractivity contribution in [3.8, 4) is 11.3 Å². The van der Waals surface area contributed by atoms with Crippen LogP contribution in [0.2, 0.25) is 10.0 Å².